The molecule has 0 bridgehead atoms. The van der Waals surface area contributed by atoms with E-state index in [1.807, 2.05) is 18.2 Å². The number of halogens is 2. The Morgan fingerprint density at radius 1 is 1.05 bits per heavy atom. The zero-order chi connectivity index (χ0) is 27.6. The van der Waals surface area contributed by atoms with Crippen molar-refractivity contribution in [1.29, 1.82) is 0 Å². The summed E-state index contributed by atoms with van der Waals surface area (Å²) in [5.74, 6) is 5.27. The van der Waals surface area contributed by atoms with Gasteiger partial charge in [0, 0.05) is 49.7 Å². The molecule has 1 atom stereocenters. The summed E-state index contributed by atoms with van der Waals surface area (Å²) in [6.45, 7) is 4.63. The molecule has 1 unspecified atom stereocenters. The van der Waals surface area contributed by atoms with Crippen LogP contribution in [0.25, 0.3) is 0 Å². The number of carbonyl (C=O) groups excluding carboxylic acids is 1. The van der Waals surface area contributed by atoms with Gasteiger partial charge in [-0.05, 0) is 41.5 Å². The number of carbonyl (C=O) groups is 1. The summed E-state index contributed by atoms with van der Waals surface area (Å²) in [6, 6.07) is 22.3. The smallest absolute Gasteiger partial charge is 0.338 e. The first kappa shape index (κ1) is 28.4. The van der Waals surface area contributed by atoms with Crippen molar-refractivity contribution in [2.45, 2.75) is 12.5 Å². The highest BCUT2D eigenvalue weighted by molar-refractivity contribution is 6.30. The molecule has 3 aromatic rings. The van der Waals surface area contributed by atoms with E-state index in [1.165, 1.54) is 17.2 Å². The van der Waals surface area contributed by atoms with Crippen molar-refractivity contribution in [2.75, 3.05) is 45.9 Å². The lowest BCUT2D eigenvalue weighted by atomic mass is 9.96. The number of urea groups is 1. The summed E-state index contributed by atoms with van der Waals surface area (Å²) in [7, 11) is 0. The van der Waals surface area contributed by atoms with E-state index in [-0.39, 0.29) is 24.8 Å². The number of rotatable bonds is 9. The maximum atomic E-state index is 14.5. The van der Waals surface area contributed by atoms with Crippen LogP contribution in [0.5, 0.6) is 5.75 Å². The summed E-state index contributed by atoms with van der Waals surface area (Å²) in [5.41, 5.74) is 7.88. The molecule has 2 amide bonds. The van der Waals surface area contributed by atoms with Crippen LogP contribution >= 0.6 is 11.6 Å². The van der Waals surface area contributed by atoms with E-state index >= 15 is 0 Å². The third-order valence-electron chi connectivity index (χ3n) is 6.61. The number of amides is 2. The number of nitrogens with zero attached hydrogens (tertiary/aromatic N) is 3. The van der Waals surface area contributed by atoms with Gasteiger partial charge in [0.2, 0.25) is 0 Å². The van der Waals surface area contributed by atoms with E-state index in [2.05, 4.69) is 58.0 Å². The van der Waals surface area contributed by atoms with Crippen LogP contribution in [-0.2, 0) is 0 Å². The molecule has 39 heavy (non-hydrogen) atoms. The normalized spacial score (nSPS) is 14.7. The van der Waals surface area contributed by atoms with Crippen molar-refractivity contribution in [3.63, 3.8) is 0 Å². The molecule has 1 saturated heterocycles. The highest BCUT2D eigenvalue weighted by Gasteiger charge is 2.26. The lowest BCUT2D eigenvalue weighted by molar-refractivity contribution is -0.0372. The van der Waals surface area contributed by atoms with Crippen molar-refractivity contribution in [3.05, 3.63) is 100 Å². The number of benzene rings is 3. The molecule has 0 aromatic heterocycles. The summed E-state index contributed by atoms with van der Waals surface area (Å²) in [6.07, 6.45) is 0.207. The van der Waals surface area contributed by atoms with Gasteiger partial charge < -0.3 is 10.5 Å². The Balaban J connectivity index is 1.26. The van der Waals surface area contributed by atoms with Gasteiger partial charge in [-0.25, -0.2) is 14.2 Å². The molecule has 0 saturated carbocycles. The molecule has 3 aromatic carbocycles. The minimum atomic E-state index is -0.944. The highest BCUT2D eigenvalue weighted by atomic mass is 35.5. The lowest BCUT2D eigenvalue weighted by Crippen LogP contribution is -2.48. The molecule has 0 aliphatic carbocycles. The van der Waals surface area contributed by atoms with Crippen molar-refractivity contribution in [2.24, 2.45) is 5.73 Å². The van der Waals surface area contributed by atoms with Crippen LogP contribution in [0.4, 0.5) is 9.18 Å². The summed E-state index contributed by atoms with van der Waals surface area (Å²) in [4.78, 5) is 15.6. The molecular formula is C30H32ClFN4O3. The zero-order valence-corrected chi connectivity index (χ0v) is 22.4. The van der Waals surface area contributed by atoms with Crippen LogP contribution in [0, 0.1) is 17.7 Å². The first-order valence-electron chi connectivity index (χ1n) is 12.8. The fourth-order valence-electron chi connectivity index (χ4n) is 4.56. The van der Waals surface area contributed by atoms with Gasteiger partial charge in [0.1, 0.15) is 6.61 Å². The van der Waals surface area contributed by atoms with Gasteiger partial charge in [-0.15, -0.1) is 0 Å². The average Bonchev–Trinajstić information content (AvgIpc) is 2.94. The van der Waals surface area contributed by atoms with Crippen molar-refractivity contribution < 1.29 is 19.1 Å². The van der Waals surface area contributed by atoms with Crippen LogP contribution < -0.4 is 10.5 Å². The van der Waals surface area contributed by atoms with E-state index < -0.39 is 11.8 Å². The third kappa shape index (κ3) is 8.19. The topological polar surface area (TPSA) is 82.3 Å². The highest BCUT2D eigenvalue weighted by Crippen LogP contribution is 2.30. The fraction of sp³-hybridized carbons (Fsp3) is 0.300. The second-order valence-electron chi connectivity index (χ2n) is 9.25. The van der Waals surface area contributed by atoms with E-state index in [0.717, 1.165) is 31.2 Å². The van der Waals surface area contributed by atoms with Gasteiger partial charge in [-0.2, -0.15) is 0 Å². The molecule has 0 spiro atoms. The van der Waals surface area contributed by atoms with Crippen LogP contribution in [-0.4, -0.2) is 72.0 Å². The van der Waals surface area contributed by atoms with E-state index in [9.17, 15) is 14.4 Å². The number of nitrogens with two attached hydrogens (primary N) is 1. The molecule has 1 aliphatic heterocycles. The Hall–Kier alpha value is -3.61. The Labute approximate surface area is 233 Å². The standard InChI is InChI=1S/C30H32ClFN4O3/c31-26-12-10-25(11-13-26)29(24-7-2-1-3-8-24)35-18-16-34(17-19-35)20-21-39-28-14-9-23(22-27(28)32)6-4-5-15-36(38)30(33)37/h1-3,7-14,22,29,38H,5,15-21H2,(H2,33,37). The summed E-state index contributed by atoms with van der Waals surface area (Å²) < 4.78 is 20.2. The molecule has 1 heterocycles. The van der Waals surface area contributed by atoms with Gasteiger partial charge in [-0.1, -0.05) is 65.9 Å². The summed E-state index contributed by atoms with van der Waals surface area (Å²) >= 11 is 6.14. The molecule has 9 heteroatoms. The Kier molecular flexibility index (Phi) is 10.2. The van der Waals surface area contributed by atoms with Gasteiger partial charge in [-0.3, -0.25) is 15.0 Å². The van der Waals surface area contributed by atoms with Crippen LogP contribution in [0.2, 0.25) is 5.02 Å². The first-order chi connectivity index (χ1) is 18.9. The van der Waals surface area contributed by atoms with Gasteiger partial charge in [0.15, 0.2) is 11.6 Å². The molecule has 1 fully saturated rings. The van der Waals surface area contributed by atoms with Crippen LogP contribution in [0.3, 0.4) is 0 Å². The van der Waals surface area contributed by atoms with Crippen molar-refractivity contribution in [1.82, 2.24) is 14.9 Å². The Morgan fingerprint density at radius 2 is 1.74 bits per heavy atom. The van der Waals surface area contributed by atoms with Gasteiger partial charge in [0.05, 0.1) is 12.6 Å². The molecule has 3 N–H and O–H groups in total. The predicted molar refractivity (Wildman–Crippen MR) is 149 cm³/mol. The Bertz CT molecular complexity index is 1290. The number of ether oxygens (including phenoxy) is 1. The number of piperazine rings is 1. The van der Waals surface area contributed by atoms with Crippen LogP contribution in [0.15, 0.2) is 72.8 Å². The second-order valence-corrected chi connectivity index (χ2v) is 9.69. The quantitative estimate of drug-likeness (QED) is 0.228. The maximum Gasteiger partial charge on any atom is 0.338 e. The first-order valence-corrected chi connectivity index (χ1v) is 13.2. The largest absolute Gasteiger partial charge is 0.489 e. The van der Waals surface area contributed by atoms with Crippen molar-refractivity contribution in [3.8, 4) is 17.6 Å². The van der Waals surface area contributed by atoms with Gasteiger partial charge in [0.25, 0.3) is 0 Å². The van der Waals surface area contributed by atoms with E-state index in [0.29, 0.717) is 23.8 Å². The minimum absolute atomic E-state index is 0.0195. The van der Waals surface area contributed by atoms with E-state index in [4.69, 9.17) is 22.1 Å². The molecule has 7 nitrogen and oxygen atoms in total. The SMILES string of the molecule is NC(=O)N(O)CCC#Cc1ccc(OCCN2CCN(C(c3ccccc3)c3ccc(Cl)cc3)CC2)c(F)c1. The van der Waals surface area contributed by atoms with Crippen molar-refractivity contribution >= 4 is 17.6 Å². The summed E-state index contributed by atoms with van der Waals surface area (Å²) in [5, 5.41) is 10.3. The third-order valence-corrected chi connectivity index (χ3v) is 6.86. The monoisotopic (exact) mass is 550 g/mol. The second kappa shape index (κ2) is 14.0. The Morgan fingerprint density at radius 3 is 2.41 bits per heavy atom. The average molecular weight is 551 g/mol. The van der Waals surface area contributed by atoms with E-state index in [1.54, 1.807) is 12.1 Å². The molecule has 0 radical (unpaired) electrons. The number of hydroxylamine groups is 2. The van der Waals surface area contributed by atoms with Gasteiger partial charge >= 0.3 is 6.03 Å². The zero-order valence-electron chi connectivity index (χ0n) is 21.6. The lowest BCUT2D eigenvalue weighted by Gasteiger charge is -2.39. The number of primary amides is 1. The number of hydrogen-bond acceptors (Lipinski definition) is 5. The molecular weight excluding hydrogens is 519 g/mol. The maximum absolute atomic E-state index is 14.5. The predicted octanol–water partition coefficient (Wildman–Crippen LogP) is 4.78. The molecule has 1 aliphatic rings. The number of hydrogen-bond donors (Lipinski definition) is 2. The molecule has 204 valence electrons. The molecule has 4 rings (SSSR count). The minimum Gasteiger partial charge on any atom is -0.489 e. The fourth-order valence-corrected chi connectivity index (χ4v) is 4.68. The van der Waals surface area contributed by atoms with Crippen LogP contribution in [0.1, 0.15) is 29.2 Å².